The Balaban J connectivity index is 2.47. The Labute approximate surface area is 346 Å². The van der Waals surface area contributed by atoms with E-state index in [2.05, 4.69) is 23.3 Å². The molecule has 0 aromatic carbocycles. The molecule has 1 fully saturated rings. The largest absolute Gasteiger partial charge is 0.397 e. The SMILES string of the molecule is CCCCCCCCCCCCCCCCCCCCCC(O)C(=O)NC(COC1OC(CO)C(O)C(OS(=O)(=O)O)C1O)C(O)CCCCCCCCCCC. The Kier molecular flexibility index (Phi) is 33.0. The Hall–Kier alpha value is -0.940. The number of carbonyl (C=O) groups is 1. The standard InChI is InChI=1S/C43H85NO12S/c1-3-5-7-9-11-13-14-15-16-17-18-19-20-21-22-24-26-28-30-32-37(47)42(50)44-35(36(46)31-29-27-25-23-12-10-8-6-4-2)34-54-43-40(49)41(56-57(51,52)53)39(48)38(33-45)55-43/h35-41,43,45-49H,3-34H2,1-2H3,(H,44,50)(H,51,52,53). The monoisotopic (exact) mass is 840 g/mol. The zero-order chi connectivity index (χ0) is 42.2. The number of amides is 1. The highest BCUT2D eigenvalue weighted by Crippen LogP contribution is 2.26. The van der Waals surface area contributed by atoms with Crippen molar-refractivity contribution in [2.75, 3.05) is 13.2 Å². The average molecular weight is 840 g/mol. The second-order valence-electron chi connectivity index (χ2n) is 16.5. The van der Waals surface area contributed by atoms with Gasteiger partial charge < -0.3 is 40.3 Å². The quantitative estimate of drug-likeness (QED) is 0.0236. The zero-order valence-corrected chi connectivity index (χ0v) is 36.6. The molecule has 1 saturated heterocycles. The lowest BCUT2D eigenvalue weighted by Crippen LogP contribution is -2.61. The van der Waals surface area contributed by atoms with E-state index < -0.39 is 78.5 Å². The Morgan fingerprint density at radius 3 is 1.40 bits per heavy atom. The number of rotatable bonds is 39. The van der Waals surface area contributed by atoms with Gasteiger partial charge in [-0.15, -0.1) is 0 Å². The highest BCUT2D eigenvalue weighted by molar-refractivity contribution is 7.80. The number of unbranched alkanes of at least 4 members (excludes halogenated alkanes) is 26. The molecule has 0 saturated carbocycles. The fourth-order valence-electron chi connectivity index (χ4n) is 7.58. The number of nitrogens with one attached hydrogen (secondary N) is 1. The van der Waals surface area contributed by atoms with Gasteiger partial charge in [0.1, 0.15) is 30.5 Å². The summed E-state index contributed by atoms with van der Waals surface area (Å²) in [5, 5.41) is 55.2. The van der Waals surface area contributed by atoms with Crippen LogP contribution in [0.4, 0.5) is 0 Å². The van der Waals surface area contributed by atoms with E-state index in [0.29, 0.717) is 19.3 Å². The highest BCUT2D eigenvalue weighted by Gasteiger charge is 2.48. The molecular formula is C43H85NO12S. The average Bonchev–Trinajstić information content (AvgIpc) is 3.18. The van der Waals surface area contributed by atoms with Gasteiger partial charge in [-0.25, -0.2) is 4.18 Å². The van der Waals surface area contributed by atoms with Crippen molar-refractivity contribution in [3.63, 3.8) is 0 Å². The molecule has 8 unspecified atom stereocenters. The van der Waals surface area contributed by atoms with Crippen molar-refractivity contribution in [2.45, 2.75) is 255 Å². The van der Waals surface area contributed by atoms with Crippen molar-refractivity contribution < 1.29 is 57.0 Å². The van der Waals surface area contributed by atoms with Crippen LogP contribution in [0.25, 0.3) is 0 Å². The summed E-state index contributed by atoms with van der Waals surface area (Å²) in [6.07, 6.45) is 23.1. The minimum atomic E-state index is -5.10. The first kappa shape index (κ1) is 54.1. The molecule has 0 radical (unpaired) electrons. The third-order valence-electron chi connectivity index (χ3n) is 11.3. The lowest BCUT2D eigenvalue weighted by Gasteiger charge is -2.41. The minimum absolute atomic E-state index is 0.266. The molecule has 1 amide bonds. The van der Waals surface area contributed by atoms with Crippen molar-refractivity contribution in [3.8, 4) is 0 Å². The van der Waals surface area contributed by atoms with E-state index in [0.717, 1.165) is 38.5 Å². The predicted molar refractivity (Wildman–Crippen MR) is 224 cm³/mol. The normalized spacial score (nSPS) is 21.7. The molecule has 0 aromatic rings. The first-order valence-electron chi connectivity index (χ1n) is 23.0. The fourth-order valence-corrected chi connectivity index (χ4v) is 8.09. The molecule has 340 valence electrons. The van der Waals surface area contributed by atoms with Crippen molar-refractivity contribution in [2.24, 2.45) is 0 Å². The molecule has 0 spiro atoms. The smallest absolute Gasteiger partial charge is 0.394 e. The van der Waals surface area contributed by atoms with E-state index in [1.54, 1.807) is 0 Å². The second kappa shape index (κ2) is 34.7. The van der Waals surface area contributed by atoms with Gasteiger partial charge in [-0.05, 0) is 12.8 Å². The number of carbonyl (C=O) groups excluding carboxylic acids is 1. The molecule has 1 heterocycles. The van der Waals surface area contributed by atoms with Crippen molar-refractivity contribution in [1.82, 2.24) is 5.32 Å². The molecular weight excluding hydrogens is 755 g/mol. The predicted octanol–water partition coefficient (Wildman–Crippen LogP) is 7.58. The van der Waals surface area contributed by atoms with E-state index >= 15 is 0 Å². The number of hydrogen-bond acceptors (Lipinski definition) is 11. The fraction of sp³-hybridized carbons (Fsp3) is 0.977. The van der Waals surface area contributed by atoms with Crippen LogP contribution in [0.5, 0.6) is 0 Å². The molecule has 0 bridgehead atoms. The molecule has 14 heteroatoms. The summed E-state index contributed by atoms with van der Waals surface area (Å²) >= 11 is 0. The van der Waals surface area contributed by atoms with Gasteiger partial charge in [0, 0.05) is 0 Å². The van der Waals surface area contributed by atoms with Crippen LogP contribution < -0.4 is 5.32 Å². The van der Waals surface area contributed by atoms with Crippen LogP contribution in [0, 0.1) is 0 Å². The van der Waals surface area contributed by atoms with Crippen LogP contribution in [-0.4, -0.2) is 107 Å². The summed E-state index contributed by atoms with van der Waals surface area (Å²) in [6.45, 7) is 3.25. The van der Waals surface area contributed by atoms with E-state index in [4.69, 9.17) is 14.0 Å². The van der Waals surface area contributed by atoms with Crippen LogP contribution in [0.15, 0.2) is 0 Å². The Morgan fingerprint density at radius 2 is 1.02 bits per heavy atom. The van der Waals surface area contributed by atoms with Crippen molar-refractivity contribution >= 4 is 16.3 Å². The van der Waals surface area contributed by atoms with Gasteiger partial charge >= 0.3 is 10.4 Å². The van der Waals surface area contributed by atoms with Gasteiger partial charge in [-0.1, -0.05) is 194 Å². The maximum Gasteiger partial charge on any atom is 0.397 e. The molecule has 13 nitrogen and oxygen atoms in total. The zero-order valence-electron chi connectivity index (χ0n) is 35.8. The number of ether oxygens (including phenoxy) is 2. The summed E-state index contributed by atoms with van der Waals surface area (Å²) in [6, 6.07) is -1.03. The summed E-state index contributed by atoms with van der Waals surface area (Å²) in [5.41, 5.74) is 0. The van der Waals surface area contributed by atoms with Gasteiger partial charge in [0.15, 0.2) is 6.29 Å². The molecule has 7 N–H and O–H groups in total. The molecule has 1 rings (SSSR count). The van der Waals surface area contributed by atoms with E-state index in [1.807, 2.05) is 0 Å². The number of hydrogen-bond donors (Lipinski definition) is 7. The first-order chi connectivity index (χ1) is 27.4. The summed E-state index contributed by atoms with van der Waals surface area (Å²) in [4.78, 5) is 13.1. The molecule has 1 aliphatic rings. The van der Waals surface area contributed by atoms with E-state index in [9.17, 15) is 38.7 Å². The summed E-state index contributed by atoms with van der Waals surface area (Å²) in [5.74, 6) is -0.668. The van der Waals surface area contributed by atoms with Gasteiger partial charge in [0.05, 0.1) is 25.4 Å². The topological polar surface area (TPSA) is 212 Å². The van der Waals surface area contributed by atoms with Crippen LogP contribution in [-0.2, 0) is 28.9 Å². The first-order valence-corrected chi connectivity index (χ1v) is 24.4. The molecule has 0 aromatic heterocycles. The molecule has 1 aliphatic heterocycles. The molecule has 57 heavy (non-hydrogen) atoms. The third-order valence-corrected chi connectivity index (χ3v) is 11.7. The van der Waals surface area contributed by atoms with Crippen molar-refractivity contribution in [1.29, 1.82) is 0 Å². The molecule has 0 aliphatic carbocycles. The van der Waals surface area contributed by atoms with Gasteiger partial charge in [-0.2, -0.15) is 8.42 Å². The minimum Gasteiger partial charge on any atom is -0.394 e. The lowest BCUT2D eigenvalue weighted by atomic mass is 9.99. The van der Waals surface area contributed by atoms with Gasteiger partial charge in [0.2, 0.25) is 5.91 Å². The Morgan fingerprint density at radius 1 is 0.632 bits per heavy atom. The van der Waals surface area contributed by atoms with Crippen LogP contribution >= 0.6 is 0 Å². The number of aliphatic hydroxyl groups excluding tert-OH is 5. The third kappa shape index (κ3) is 27.5. The molecule has 8 atom stereocenters. The van der Waals surface area contributed by atoms with Gasteiger partial charge in [0.25, 0.3) is 0 Å². The second-order valence-corrected chi connectivity index (χ2v) is 17.5. The maximum absolute atomic E-state index is 13.1. The lowest BCUT2D eigenvalue weighted by molar-refractivity contribution is -0.298. The van der Waals surface area contributed by atoms with Gasteiger partial charge in [-0.3, -0.25) is 9.35 Å². The van der Waals surface area contributed by atoms with Crippen LogP contribution in [0.3, 0.4) is 0 Å². The number of aliphatic hydroxyl groups is 5. The van der Waals surface area contributed by atoms with Crippen LogP contribution in [0.1, 0.15) is 206 Å². The van der Waals surface area contributed by atoms with E-state index in [1.165, 1.54) is 128 Å². The summed E-state index contributed by atoms with van der Waals surface area (Å²) in [7, 11) is -5.10. The Bertz CT molecular complexity index is 1050. The highest BCUT2D eigenvalue weighted by atomic mass is 32.3. The van der Waals surface area contributed by atoms with E-state index in [-0.39, 0.29) is 6.42 Å². The van der Waals surface area contributed by atoms with Crippen molar-refractivity contribution in [3.05, 3.63) is 0 Å². The maximum atomic E-state index is 13.1. The summed E-state index contributed by atoms with van der Waals surface area (Å²) < 4.78 is 47.4. The van der Waals surface area contributed by atoms with Crippen LogP contribution in [0.2, 0.25) is 0 Å².